The van der Waals surface area contributed by atoms with Crippen LogP contribution in [0.1, 0.15) is 118 Å². The third-order valence-corrected chi connectivity index (χ3v) is 14.1. The van der Waals surface area contributed by atoms with E-state index in [4.69, 9.17) is 11.6 Å². The van der Waals surface area contributed by atoms with Crippen molar-refractivity contribution in [3.05, 3.63) is 177 Å². The van der Waals surface area contributed by atoms with Gasteiger partial charge < -0.3 is 0 Å². The lowest BCUT2D eigenvalue weighted by Crippen LogP contribution is -2.29. The maximum atomic E-state index is 13.2. The molecule has 18 heteroatoms. The molecule has 68 heavy (non-hydrogen) atoms. The third kappa shape index (κ3) is 10.2. The van der Waals surface area contributed by atoms with E-state index in [1.54, 1.807) is 67.1 Å². The number of nitriles is 1. The first-order chi connectivity index (χ1) is 31.5. The number of hydrogen-bond donors (Lipinski definition) is 2. The average molecular weight is 975 g/mol. The number of sulfonamides is 2. The SMILES string of the molecule is C.CC(C)(C)c1ccc(S(=O)(=O)Nc2ccc(C#N)c3c2C(=O)N(Cc2cccnc2)C3=O)cc1.CC(C)(C)c1ccc(S(=O)(=O)Nc2ccc(Cl)c3c2C(=O)N(Cc2cccnc2)C3=O)cc1. The predicted octanol–water partition coefficient (Wildman–Crippen LogP) is 9.11. The molecule has 15 nitrogen and oxygen atoms in total. The molecular weight excluding hydrogens is 926 g/mol. The van der Waals surface area contributed by atoms with Gasteiger partial charge in [-0.2, -0.15) is 5.26 Å². The summed E-state index contributed by atoms with van der Waals surface area (Å²) in [6, 6.07) is 27.2. The number of aromatic nitrogens is 2. The summed E-state index contributed by atoms with van der Waals surface area (Å²) in [5.74, 6) is -2.54. The van der Waals surface area contributed by atoms with Gasteiger partial charge in [0.15, 0.2) is 0 Å². The lowest BCUT2D eigenvalue weighted by atomic mass is 9.87. The van der Waals surface area contributed by atoms with Gasteiger partial charge in [0.25, 0.3) is 43.7 Å². The van der Waals surface area contributed by atoms with Crippen LogP contribution in [0.4, 0.5) is 11.4 Å². The van der Waals surface area contributed by atoms with Crippen LogP contribution in [0.3, 0.4) is 0 Å². The number of hydrogen-bond acceptors (Lipinski definition) is 11. The summed E-state index contributed by atoms with van der Waals surface area (Å²) < 4.78 is 57.1. The number of carbonyl (C=O) groups is 4. The number of halogens is 1. The fourth-order valence-corrected chi connectivity index (χ4v) is 9.74. The van der Waals surface area contributed by atoms with Gasteiger partial charge in [0, 0.05) is 24.8 Å². The van der Waals surface area contributed by atoms with Crippen molar-refractivity contribution in [1.82, 2.24) is 19.8 Å². The largest absolute Gasteiger partial charge is 0.279 e. The summed E-state index contributed by atoms with van der Waals surface area (Å²) in [5, 5.41) is 9.57. The Bertz CT molecular complexity index is 3220. The molecule has 0 atom stereocenters. The molecule has 2 aromatic heterocycles. The molecule has 0 bridgehead atoms. The van der Waals surface area contributed by atoms with Crippen LogP contribution in [-0.4, -0.2) is 60.2 Å². The molecule has 0 radical (unpaired) electrons. The highest BCUT2D eigenvalue weighted by Crippen LogP contribution is 2.37. The molecule has 350 valence electrons. The minimum Gasteiger partial charge on any atom is -0.279 e. The van der Waals surface area contributed by atoms with E-state index in [9.17, 15) is 41.3 Å². The van der Waals surface area contributed by atoms with Crippen molar-refractivity contribution in [3.8, 4) is 6.07 Å². The molecule has 2 N–H and O–H groups in total. The van der Waals surface area contributed by atoms with E-state index in [-0.39, 0.29) is 85.4 Å². The zero-order valence-corrected chi connectivity index (χ0v) is 39.5. The monoisotopic (exact) mass is 973 g/mol. The molecule has 6 aromatic rings. The summed E-state index contributed by atoms with van der Waals surface area (Å²) in [4.78, 5) is 62.5. The topological polar surface area (TPSA) is 217 Å². The number of fused-ring (bicyclic) bond motifs is 2. The molecule has 4 aromatic carbocycles. The summed E-state index contributed by atoms with van der Waals surface area (Å²) >= 11 is 6.23. The second kappa shape index (κ2) is 19.2. The highest BCUT2D eigenvalue weighted by Gasteiger charge is 2.42. The minimum atomic E-state index is -4.06. The molecule has 0 unspecified atom stereocenters. The molecule has 0 aliphatic carbocycles. The Morgan fingerprint density at radius 2 is 0.941 bits per heavy atom. The number of imide groups is 2. The number of benzene rings is 4. The first-order valence-electron chi connectivity index (χ1n) is 20.7. The van der Waals surface area contributed by atoms with Crippen molar-refractivity contribution in [2.24, 2.45) is 0 Å². The molecule has 0 spiro atoms. The molecule has 0 saturated heterocycles. The Kier molecular flexibility index (Phi) is 14.1. The van der Waals surface area contributed by atoms with Crippen molar-refractivity contribution in [3.63, 3.8) is 0 Å². The Morgan fingerprint density at radius 1 is 0.559 bits per heavy atom. The van der Waals surface area contributed by atoms with Crippen molar-refractivity contribution in [2.75, 3.05) is 9.44 Å². The Hall–Kier alpha value is -7.26. The minimum absolute atomic E-state index is 0. The predicted molar refractivity (Wildman–Crippen MR) is 258 cm³/mol. The maximum absolute atomic E-state index is 13.2. The van der Waals surface area contributed by atoms with Crippen LogP contribution in [0.2, 0.25) is 5.02 Å². The molecule has 2 aliphatic heterocycles. The van der Waals surface area contributed by atoms with E-state index in [0.29, 0.717) is 11.1 Å². The Balaban J connectivity index is 0.000000221. The van der Waals surface area contributed by atoms with Crippen LogP contribution < -0.4 is 9.44 Å². The first kappa shape index (κ1) is 50.2. The maximum Gasteiger partial charge on any atom is 0.264 e. The Morgan fingerprint density at radius 3 is 1.32 bits per heavy atom. The summed E-state index contributed by atoms with van der Waals surface area (Å²) in [6.45, 7) is 12.1. The van der Waals surface area contributed by atoms with Gasteiger partial charge in [-0.15, -0.1) is 0 Å². The fraction of sp³-hybridized carbons (Fsp3) is 0.220. The molecule has 0 fully saturated rings. The molecular formula is C50H48ClN7O8S2. The third-order valence-electron chi connectivity index (χ3n) is 11.0. The second-order valence-electron chi connectivity index (χ2n) is 17.7. The van der Waals surface area contributed by atoms with Gasteiger partial charge in [0.05, 0.1) is 73.2 Å². The van der Waals surface area contributed by atoms with E-state index in [0.717, 1.165) is 20.9 Å². The highest BCUT2D eigenvalue weighted by molar-refractivity contribution is 7.93. The van der Waals surface area contributed by atoms with Crippen LogP contribution in [-0.2, 0) is 44.0 Å². The van der Waals surface area contributed by atoms with Gasteiger partial charge in [-0.25, -0.2) is 16.8 Å². The number of amides is 4. The number of nitrogens with zero attached hydrogens (tertiary/aromatic N) is 5. The molecule has 4 amide bonds. The molecule has 0 saturated carbocycles. The van der Waals surface area contributed by atoms with E-state index in [1.807, 2.05) is 47.6 Å². The van der Waals surface area contributed by atoms with Crippen molar-refractivity contribution < 1.29 is 36.0 Å². The average Bonchev–Trinajstić information content (AvgIpc) is 3.69. The lowest BCUT2D eigenvalue weighted by molar-refractivity contribution is 0.0627. The van der Waals surface area contributed by atoms with Gasteiger partial charge in [0.1, 0.15) is 0 Å². The van der Waals surface area contributed by atoms with Crippen LogP contribution in [0, 0.1) is 11.3 Å². The standard InChI is InChI=1S/C25H22N4O4S.C24H22ClN3O4S.CH4/c1-25(2,3)18-7-9-19(10-8-18)34(32,33)28-20-11-6-17(13-26)21-22(20)24(31)29(23(21)30)15-16-5-4-12-27-14-16;1-24(2,3)16-6-8-17(9-7-16)33(31,32)27-19-11-10-18(25)20-21(19)23(30)28(22(20)29)14-15-5-4-12-26-13-15;/h4-12,14,28H,15H2,1-3H3;4-13,27H,14H2,1-3H3;1H4. The van der Waals surface area contributed by atoms with Gasteiger partial charge >= 0.3 is 0 Å². The van der Waals surface area contributed by atoms with Crippen molar-refractivity contribution in [1.29, 1.82) is 5.26 Å². The van der Waals surface area contributed by atoms with E-state index >= 15 is 0 Å². The van der Waals surface area contributed by atoms with Crippen LogP contribution >= 0.6 is 11.6 Å². The van der Waals surface area contributed by atoms with Gasteiger partial charge in [-0.3, -0.25) is 48.4 Å². The van der Waals surface area contributed by atoms with Crippen molar-refractivity contribution in [2.45, 2.75) is 82.7 Å². The van der Waals surface area contributed by atoms with E-state index in [2.05, 4.69) is 19.4 Å². The molecule has 2 aliphatic rings. The molecule has 8 rings (SSSR count). The first-order valence-corrected chi connectivity index (χ1v) is 24.0. The quantitative estimate of drug-likeness (QED) is 0.123. The van der Waals surface area contributed by atoms with E-state index in [1.165, 1.54) is 54.7 Å². The Labute approximate surface area is 400 Å². The lowest BCUT2D eigenvalue weighted by Gasteiger charge is -2.19. The van der Waals surface area contributed by atoms with Crippen LogP contribution in [0.15, 0.2) is 132 Å². The fourth-order valence-electron chi connectivity index (χ4n) is 7.35. The van der Waals surface area contributed by atoms with Crippen molar-refractivity contribution >= 4 is 66.7 Å². The van der Waals surface area contributed by atoms with Gasteiger partial charge in [-0.1, -0.05) is 97.0 Å². The smallest absolute Gasteiger partial charge is 0.264 e. The zero-order valence-electron chi connectivity index (χ0n) is 37.2. The summed E-state index contributed by atoms with van der Waals surface area (Å²) in [5.41, 5.74) is 2.58. The second-order valence-corrected chi connectivity index (χ2v) is 21.5. The molecule has 4 heterocycles. The highest BCUT2D eigenvalue weighted by atomic mass is 35.5. The van der Waals surface area contributed by atoms with Gasteiger partial charge in [0.2, 0.25) is 0 Å². The number of carbonyl (C=O) groups excluding carboxylic acids is 4. The number of anilines is 2. The number of rotatable bonds is 10. The summed E-state index contributed by atoms with van der Waals surface area (Å²) in [7, 11) is -8.07. The van der Waals surface area contributed by atoms with Crippen LogP contribution in [0.25, 0.3) is 0 Å². The number of nitrogens with one attached hydrogen (secondary N) is 2. The zero-order chi connectivity index (χ0) is 48.6. The number of pyridine rings is 2. The summed E-state index contributed by atoms with van der Waals surface area (Å²) in [6.07, 6.45) is 6.24. The normalized spacial score (nSPS) is 13.5. The van der Waals surface area contributed by atoms with E-state index < -0.39 is 43.7 Å². The van der Waals surface area contributed by atoms with Gasteiger partial charge in [-0.05, 0) is 93.7 Å². The van der Waals surface area contributed by atoms with Crippen LogP contribution in [0.5, 0.6) is 0 Å².